The summed E-state index contributed by atoms with van der Waals surface area (Å²) in [6.45, 7) is 0. The summed E-state index contributed by atoms with van der Waals surface area (Å²) in [6.07, 6.45) is 0. The maximum atomic E-state index is 5.57. The molecule has 0 saturated carbocycles. The van der Waals surface area contributed by atoms with Gasteiger partial charge in [0.15, 0.2) is 11.6 Å². The number of benzene rings is 16. The highest BCUT2D eigenvalue weighted by Gasteiger charge is 2.23. The minimum Gasteiger partial charge on any atom is -0.245 e. The predicted octanol–water partition coefficient (Wildman–Crippen LogP) is 26.7. The maximum Gasteiger partial charge on any atom is 0.161 e. The number of hydrogen-bond donors (Lipinski definition) is 0. The van der Waals surface area contributed by atoms with Crippen LogP contribution < -0.4 is 0 Å². The number of nitrogens with zero attached hydrogens (tertiary/aromatic N) is 8. The van der Waals surface area contributed by atoms with Crippen molar-refractivity contribution in [1.82, 2.24) is 39.9 Å². The Bertz CT molecular complexity index is 7600. The average molecular weight is 1420 g/mol. The molecule has 22 aromatic rings. The Morgan fingerprint density at radius 3 is 1.19 bits per heavy atom. The van der Waals surface area contributed by atoms with Gasteiger partial charge in [-0.3, -0.25) is 0 Å². The molecule has 6 heterocycles. The number of fused-ring (bicyclic) bond motifs is 12. The molecule has 0 aliphatic heterocycles. The highest BCUT2D eigenvalue weighted by molar-refractivity contribution is 6.18. The lowest BCUT2D eigenvalue weighted by Crippen LogP contribution is -1.97. The van der Waals surface area contributed by atoms with Crippen molar-refractivity contribution in [3.8, 4) is 123 Å². The van der Waals surface area contributed by atoms with Crippen LogP contribution in [0.5, 0.6) is 0 Å². The van der Waals surface area contributed by atoms with Crippen LogP contribution in [-0.4, -0.2) is 39.9 Å². The Hall–Kier alpha value is -15.1. The van der Waals surface area contributed by atoms with Crippen LogP contribution in [0.3, 0.4) is 0 Å². The van der Waals surface area contributed by atoms with E-state index < -0.39 is 0 Å². The van der Waals surface area contributed by atoms with Gasteiger partial charge in [-0.25, -0.2) is 39.9 Å². The van der Waals surface area contributed by atoms with Crippen LogP contribution in [0.2, 0.25) is 0 Å². The second kappa shape index (κ2) is 26.4. The van der Waals surface area contributed by atoms with E-state index in [-0.39, 0.29) is 0 Å². The molecule has 0 unspecified atom stereocenters. The van der Waals surface area contributed by atoms with Gasteiger partial charge < -0.3 is 0 Å². The Balaban J connectivity index is 0.604. The molecule has 22 rings (SSSR count). The van der Waals surface area contributed by atoms with Crippen LogP contribution in [0.1, 0.15) is 0 Å². The van der Waals surface area contributed by atoms with Gasteiger partial charge in [-0.2, -0.15) is 0 Å². The quantitative estimate of drug-likeness (QED) is 0.0932. The van der Waals surface area contributed by atoms with Crippen LogP contribution in [0, 0.1) is 0 Å². The predicted molar refractivity (Wildman–Crippen MR) is 464 cm³/mol. The van der Waals surface area contributed by atoms with E-state index in [4.69, 9.17) is 39.9 Å². The summed E-state index contributed by atoms with van der Waals surface area (Å²) >= 11 is 0. The normalized spacial score (nSPS) is 11.8. The summed E-state index contributed by atoms with van der Waals surface area (Å²) in [7, 11) is 0. The van der Waals surface area contributed by atoms with Crippen LogP contribution in [-0.2, 0) is 0 Å². The summed E-state index contributed by atoms with van der Waals surface area (Å²) in [5, 5.41) is 12.6. The number of rotatable bonds is 11. The van der Waals surface area contributed by atoms with Crippen LogP contribution in [0.4, 0.5) is 0 Å². The van der Waals surface area contributed by atoms with Crippen LogP contribution in [0.25, 0.3) is 232 Å². The SMILES string of the molecule is c1ccc(-c2ccc(-c3nc(-c4ccc5cc(-c6ccc7ccc8c(-c9ccccc9)c9ccccc9nc8c7n6)ccc5c4)nc4c(-c5cccc(-c6ccc(-c7nc(-c8ccc(-c9ccc%10ccc%11c(-c%12ccccc%12)c%12ccccc%12nc%11c%10n9)c9ccccc89)nc8ccccc78)cc6)c5)cccc34)cc2)cc1. The van der Waals surface area contributed by atoms with Gasteiger partial charge in [0.1, 0.15) is 0 Å². The van der Waals surface area contributed by atoms with Crippen molar-refractivity contribution in [1.29, 1.82) is 0 Å². The third kappa shape index (κ3) is 11.0. The molecule has 0 radical (unpaired) electrons. The van der Waals surface area contributed by atoms with E-state index in [2.05, 4.69) is 370 Å². The third-order valence-corrected chi connectivity index (χ3v) is 22.2. The van der Waals surface area contributed by atoms with Gasteiger partial charge in [0.25, 0.3) is 0 Å². The number of aromatic nitrogens is 8. The maximum absolute atomic E-state index is 5.57. The zero-order valence-corrected chi connectivity index (χ0v) is 60.4. The molecule has 0 aliphatic rings. The van der Waals surface area contributed by atoms with E-state index in [0.29, 0.717) is 11.6 Å². The number of pyridine rings is 4. The van der Waals surface area contributed by atoms with Gasteiger partial charge in [-0.1, -0.05) is 322 Å². The minimum absolute atomic E-state index is 0.640. The van der Waals surface area contributed by atoms with E-state index in [1.807, 2.05) is 6.07 Å². The second-order valence-electron chi connectivity index (χ2n) is 28.8. The van der Waals surface area contributed by atoms with E-state index in [1.165, 1.54) is 5.56 Å². The zero-order valence-electron chi connectivity index (χ0n) is 60.4. The van der Waals surface area contributed by atoms with E-state index in [1.54, 1.807) is 0 Å². The molecule has 8 heteroatoms. The lowest BCUT2D eigenvalue weighted by Gasteiger charge is -2.15. The van der Waals surface area contributed by atoms with E-state index in [9.17, 15) is 0 Å². The van der Waals surface area contributed by atoms with Crippen LogP contribution >= 0.6 is 0 Å². The molecule has 0 fully saturated rings. The Labute approximate surface area is 644 Å². The molecule has 6 aromatic heterocycles. The molecular weight excluding hydrogens is 1360 g/mol. The molecule has 0 saturated heterocycles. The van der Waals surface area contributed by atoms with Gasteiger partial charge >= 0.3 is 0 Å². The van der Waals surface area contributed by atoms with Gasteiger partial charge in [0.05, 0.1) is 66.9 Å². The molecule has 0 spiro atoms. The van der Waals surface area contributed by atoms with Crippen molar-refractivity contribution in [2.45, 2.75) is 0 Å². The summed E-state index contributed by atoms with van der Waals surface area (Å²) in [4.78, 5) is 43.4. The monoisotopic (exact) mass is 1420 g/mol. The molecule has 0 N–H and O–H groups in total. The van der Waals surface area contributed by atoms with Crippen molar-refractivity contribution < 1.29 is 0 Å². The fourth-order valence-corrected chi connectivity index (χ4v) is 16.8. The second-order valence-corrected chi connectivity index (χ2v) is 28.8. The standard InChI is InChI=1S/C104H62N8/c1-4-20-63(21-5-1)64-38-42-69(43-39-64)97-88-34-19-33-78(100(88)112-103(110-97)77-49-47-73-61-76(48-46-74(73)62-77)89-58-52-70-50-54-86-94(66-22-6-2-7-23-66)83-30-12-15-35-90(83)107-101(86)98(70)105-89)75-27-18-26-72(60-75)65-40-44-68(45-41-65)96-85-32-14-17-37-92(85)109-104(111-96)82-57-56-81(79-28-10-11-29-80(79)82)93-59-53-71-51-55-87-95(67-24-8-3-9-25-67)84-31-13-16-36-91(84)108-102(87)99(71)106-93/h1-62H. The third-order valence-electron chi connectivity index (χ3n) is 22.2. The lowest BCUT2D eigenvalue weighted by atomic mass is 9.94. The van der Waals surface area contributed by atoms with Crippen molar-refractivity contribution in [3.05, 3.63) is 376 Å². The Morgan fingerprint density at radius 2 is 0.562 bits per heavy atom. The molecule has 0 bridgehead atoms. The van der Waals surface area contributed by atoms with Crippen molar-refractivity contribution in [2.75, 3.05) is 0 Å². The molecule has 0 amide bonds. The average Bonchev–Trinajstić information content (AvgIpc) is 0.744. The minimum atomic E-state index is 0.640. The summed E-state index contributed by atoms with van der Waals surface area (Å²) in [5.41, 5.74) is 27.6. The van der Waals surface area contributed by atoms with E-state index >= 15 is 0 Å². The van der Waals surface area contributed by atoms with Crippen molar-refractivity contribution in [2.24, 2.45) is 0 Å². The molecular formula is C104H62N8. The first-order valence-corrected chi connectivity index (χ1v) is 37.9. The highest BCUT2D eigenvalue weighted by atomic mass is 14.9. The lowest BCUT2D eigenvalue weighted by molar-refractivity contribution is 1.23. The largest absolute Gasteiger partial charge is 0.245 e. The first-order valence-electron chi connectivity index (χ1n) is 37.9. The number of para-hydroxylation sites is 4. The van der Waals surface area contributed by atoms with Crippen molar-refractivity contribution >= 4 is 109 Å². The molecule has 16 aromatic carbocycles. The fraction of sp³-hybridized carbons (Fsp3) is 0. The van der Waals surface area contributed by atoms with E-state index in [0.717, 1.165) is 215 Å². The van der Waals surface area contributed by atoms with Crippen molar-refractivity contribution in [3.63, 3.8) is 0 Å². The highest BCUT2D eigenvalue weighted by Crippen LogP contribution is 2.44. The van der Waals surface area contributed by atoms with Gasteiger partial charge in [-0.15, -0.1) is 0 Å². The first kappa shape index (κ1) is 64.1. The van der Waals surface area contributed by atoms with Crippen LogP contribution in [0.15, 0.2) is 376 Å². The first-order chi connectivity index (χ1) is 55.5. The molecule has 518 valence electrons. The molecule has 0 aliphatic carbocycles. The molecule has 0 atom stereocenters. The molecule has 8 nitrogen and oxygen atoms in total. The summed E-state index contributed by atoms with van der Waals surface area (Å²) in [6, 6.07) is 133. The van der Waals surface area contributed by atoms with Gasteiger partial charge in [0, 0.05) is 93.2 Å². The molecule has 112 heavy (non-hydrogen) atoms. The summed E-state index contributed by atoms with van der Waals surface area (Å²) in [5.74, 6) is 1.29. The topological polar surface area (TPSA) is 103 Å². The zero-order chi connectivity index (χ0) is 73.7. The van der Waals surface area contributed by atoms with Gasteiger partial charge in [0.2, 0.25) is 0 Å². The number of hydrogen-bond acceptors (Lipinski definition) is 8. The smallest absolute Gasteiger partial charge is 0.161 e. The fourth-order valence-electron chi connectivity index (χ4n) is 16.8. The van der Waals surface area contributed by atoms with Gasteiger partial charge in [-0.05, 0) is 115 Å². The Morgan fingerprint density at radius 1 is 0.152 bits per heavy atom. The summed E-state index contributed by atoms with van der Waals surface area (Å²) < 4.78 is 0. The Kier molecular flexibility index (Phi) is 15.1.